The smallest absolute Gasteiger partial charge is 0.407 e. The van der Waals surface area contributed by atoms with E-state index in [1.807, 2.05) is 39.8 Å². The van der Waals surface area contributed by atoms with Crippen LogP contribution in [0.4, 0.5) is 4.79 Å². The maximum absolute atomic E-state index is 11.8. The fourth-order valence-corrected chi connectivity index (χ4v) is 2.55. The molecule has 0 bridgehead atoms. The SMILES string of the molecule is COC(=O)c1cc(C)ccc1SCCNC(=O)OC(C)(C)C. The number of hydrogen-bond acceptors (Lipinski definition) is 5. The number of carbonyl (C=O) groups is 2. The number of methoxy groups -OCH3 is 1. The Morgan fingerprint density at radius 1 is 1.27 bits per heavy atom. The van der Waals surface area contributed by atoms with Gasteiger partial charge >= 0.3 is 12.1 Å². The molecular weight excluding hydrogens is 302 g/mol. The molecule has 22 heavy (non-hydrogen) atoms. The minimum atomic E-state index is -0.508. The third-order valence-electron chi connectivity index (χ3n) is 2.57. The van der Waals surface area contributed by atoms with Gasteiger partial charge in [-0.05, 0) is 39.8 Å². The summed E-state index contributed by atoms with van der Waals surface area (Å²) < 4.78 is 9.94. The lowest BCUT2D eigenvalue weighted by molar-refractivity contribution is 0.0529. The normalized spacial score (nSPS) is 11.0. The van der Waals surface area contributed by atoms with Gasteiger partial charge in [-0.1, -0.05) is 11.6 Å². The van der Waals surface area contributed by atoms with Gasteiger partial charge in [0.2, 0.25) is 0 Å². The highest BCUT2D eigenvalue weighted by Crippen LogP contribution is 2.24. The Morgan fingerprint density at radius 2 is 1.95 bits per heavy atom. The molecule has 1 aromatic carbocycles. The first kappa shape index (κ1) is 18.4. The molecule has 0 radical (unpaired) electrons. The van der Waals surface area contributed by atoms with Crippen LogP contribution in [0.25, 0.3) is 0 Å². The molecule has 0 aliphatic rings. The van der Waals surface area contributed by atoms with E-state index in [9.17, 15) is 9.59 Å². The second-order valence-corrected chi connectivity index (χ2v) is 6.91. The van der Waals surface area contributed by atoms with Crippen molar-refractivity contribution in [2.45, 2.75) is 38.2 Å². The zero-order valence-corrected chi connectivity index (χ0v) is 14.5. The molecule has 1 aromatic rings. The van der Waals surface area contributed by atoms with Gasteiger partial charge in [0.25, 0.3) is 0 Å². The van der Waals surface area contributed by atoms with Gasteiger partial charge in [-0.3, -0.25) is 0 Å². The summed E-state index contributed by atoms with van der Waals surface area (Å²) in [5, 5.41) is 2.69. The van der Waals surface area contributed by atoms with E-state index < -0.39 is 11.7 Å². The van der Waals surface area contributed by atoms with Crippen LogP contribution in [0, 0.1) is 6.92 Å². The van der Waals surface area contributed by atoms with Crippen LogP contribution < -0.4 is 5.32 Å². The molecule has 6 heteroatoms. The Labute approximate surface area is 135 Å². The van der Waals surface area contributed by atoms with Crippen LogP contribution in [-0.2, 0) is 9.47 Å². The van der Waals surface area contributed by atoms with Crippen molar-refractivity contribution < 1.29 is 19.1 Å². The number of ether oxygens (including phenoxy) is 2. The Bertz CT molecular complexity index is 537. The van der Waals surface area contributed by atoms with Crippen molar-refractivity contribution >= 4 is 23.8 Å². The predicted octanol–water partition coefficient (Wildman–Crippen LogP) is 3.40. The van der Waals surface area contributed by atoms with E-state index in [4.69, 9.17) is 9.47 Å². The zero-order chi connectivity index (χ0) is 16.8. The molecular formula is C16H23NO4S. The van der Waals surface area contributed by atoms with Crippen LogP contribution in [0.1, 0.15) is 36.7 Å². The van der Waals surface area contributed by atoms with Gasteiger partial charge in [0, 0.05) is 17.2 Å². The number of amides is 1. The molecule has 0 saturated carbocycles. The first-order chi connectivity index (χ1) is 10.2. The molecule has 0 heterocycles. The Morgan fingerprint density at radius 3 is 2.55 bits per heavy atom. The number of benzene rings is 1. The average molecular weight is 325 g/mol. The minimum Gasteiger partial charge on any atom is -0.465 e. The lowest BCUT2D eigenvalue weighted by Gasteiger charge is -2.19. The van der Waals surface area contributed by atoms with E-state index in [2.05, 4.69) is 5.32 Å². The van der Waals surface area contributed by atoms with Gasteiger partial charge in [-0.15, -0.1) is 11.8 Å². The third-order valence-corrected chi connectivity index (χ3v) is 3.64. The summed E-state index contributed by atoms with van der Waals surface area (Å²) in [6.45, 7) is 7.82. The molecule has 0 aliphatic heterocycles. The Hall–Kier alpha value is -1.69. The molecule has 1 N–H and O–H groups in total. The molecule has 0 unspecified atom stereocenters. The number of carbonyl (C=O) groups excluding carboxylic acids is 2. The van der Waals surface area contributed by atoms with E-state index in [0.717, 1.165) is 10.5 Å². The fourth-order valence-electron chi connectivity index (χ4n) is 1.67. The highest BCUT2D eigenvalue weighted by atomic mass is 32.2. The summed E-state index contributed by atoms with van der Waals surface area (Å²) in [6.07, 6.45) is -0.440. The second-order valence-electron chi connectivity index (χ2n) is 5.77. The molecule has 0 spiro atoms. The maximum atomic E-state index is 11.8. The van der Waals surface area contributed by atoms with Gasteiger partial charge in [-0.25, -0.2) is 9.59 Å². The van der Waals surface area contributed by atoms with Crippen molar-refractivity contribution in [1.29, 1.82) is 0 Å². The second kappa shape index (κ2) is 8.08. The van der Waals surface area contributed by atoms with E-state index in [-0.39, 0.29) is 5.97 Å². The largest absolute Gasteiger partial charge is 0.465 e. The topological polar surface area (TPSA) is 64.6 Å². The van der Waals surface area contributed by atoms with E-state index in [1.54, 1.807) is 6.07 Å². The Balaban J connectivity index is 2.52. The minimum absolute atomic E-state index is 0.355. The van der Waals surface area contributed by atoms with Crippen molar-refractivity contribution in [2.24, 2.45) is 0 Å². The van der Waals surface area contributed by atoms with Crippen molar-refractivity contribution in [3.63, 3.8) is 0 Å². The quantitative estimate of drug-likeness (QED) is 0.511. The number of thioether (sulfide) groups is 1. The highest BCUT2D eigenvalue weighted by Gasteiger charge is 2.16. The fraction of sp³-hybridized carbons (Fsp3) is 0.500. The number of alkyl carbamates (subject to hydrolysis) is 1. The summed E-state index contributed by atoms with van der Waals surface area (Å²) in [5.41, 5.74) is 1.04. The first-order valence-corrected chi connectivity index (χ1v) is 8.00. The van der Waals surface area contributed by atoms with Gasteiger partial charge in [0.05, 0.1) is 12.7 Å². The van der Waals surface area contributed by atoms with E-state index >= 15 is 0 Å². The van der Waals surface area contributed by atoms with Gasteiger partial charge in [-0.2, -0.15) is 0 Å². The molecule has 1 amide bonds. The lowest BCUT2D eigenvalue weighted by Crippen LogP contribution is -2.33. The van der Waals surface area contributed by atoms with E-state index in [0.29, 0.717) is 17.9 Å². The molecule has 1 rings (SSSR count). The predicted molar refractivity (Wildman–Crippen MR) is 87.5 cm³/mol. The van der Waals surface area contributed by atoms with Gasteiger partial charge in [0.15, 0.2) is 0 Å². The zero-order valence-electron chi connectivity index (χ0n) is 13.7. The lowest BCUT2D eigenvalue weighted by atomic mass is 10.1. The molecule has 0 atom stereocenters. The standard InChI is InChI=1S/C16H23NO4S/c1-11-6-7-13(12(10-11)14(18)20-5)22-9-8-17-15(19)21-16(2,3)4/h6-7,10H,8-9H2,1-5H3,(H,17,19). The molecule has 0 saturated heterocycles. The van der Waals surface area contributed by atoms with Crippen LogP contribution in [-0.4, -0.2) is 37.1 Å². The van der Waals surface area contributed by atoms with Crippen molar-refractivity contribution in [1.82, 2.24) is 5.32 Å². The number of nitrogens with one attached hydrogen (secondary N) is 1. The maximum Gasteiger partial charge on any atom is 0.407 e. The van der Waals surface area contributed by atoms with Crippen LogP contribution in [0.5, 0.6) is 0 Å². The summed E-state index contributed by atoms with van der Waals surface area (Å²) >= 11 is 1.49. The van der Waals surface area contributed by atoms with Crippen LogP contribution in [0.3, 0.4) is 0 Å². The molecule has 0 aromatic heterocycles. The summed E-state index contributed by atoms with van der Waals surface area (Å²) in [4.78, 5) is 24.1. The summed E-state index contributed by atoms with van der Waals surface area (Å²) in [7, 11) is 1.36. The highest BCUT2D eigenvalue weighted by molar-refractivity contribution is 7.99. The third kappa shape index (κ3) is 6.39. The summed E-state index contributed by atoms with van der Waals surface area (Å²) in [6, 6.07) is 5.63. The molecule has 122 valence electrons. The van der Waals surface area contributed by atoms with Crippen molar-refractivity contribution in [3.05, 3.63) is 29.3 Å². The number of esters is 1. The monoisotopic (exact) mass is 325 g/mol. The van der Waals surface area contributed by atoms with Gasteiger partial charge in [0.1, 0.15) is 5.60 Å². The Kier molecular flexibility index (Phi) is 6.74. The van der Waals surface area contributed by atoms with Crippen molar-refractivity contribution in [2.75, 3.05) is 19.4 Å². The number of aryl methyl sites for hydroxylation is 1. The molecule has 5 nitrogen and oxygen atoms in total. The summed E-state index contributed by atoms with van der Waals surface area (Å²) in [5.74, 6) is 0.276. The van der Waals surface area contributed by atoms with Crippen LogP contribution in [0.15, 0.2) is 23.1 Å². The van der Waals surface area contributed by atoms with Crippen LogP contribution in [0.2, 0.25) is 0 Å². The van der Waals surface area contributed by atoms with E-state index in [1.165, 1.54) is 18.9 Å². The molecule has 0 fully saturated rings. The average Bonchev–Trinajstić information content (AvgIpc) is 2.42. The number of rotatable bonds is 5. The van der Waals surface area contributed by atoms with Crippen LogP contribution >= 0.6 is 11.8 Å². The number of hydrogen-bond donors (Lipinski definition) is 1. The molecule has 0 aliphatic carbocycles. The van der Waals surface area contributed by atoms with Gasteiger partial charge < -0.3 is 14.8 Å². The first-order valence-electron chi connectivity index (χ1n) is 7.01. The van der Waals surface area contributed by atoms with Crippen molar-refractivity contribution in [3.8, 4) is 0 Å².